The van der Waals surface area contributed by atoms with Gasteiger partial charge in [-0.15, -0.1) is 0 Å². The molecule has 0 atom stereocenters. The maximum atomic E-state index is 13.9. The molecule has 1 aromatic carbocycles. The van der Waals surface area contributed by atoms with Crippen LogP contribution in [0.15, 0.2) is 47.6 Å². The van der Waals surface area contributed by atoms with Gasteiger partial charge < -0.3 is 15.5 Å². The third-order valence-electron chi connectivity index (χ3n) is 3.76. The minimum atomic E-state index is -0.174. The first-order valence-electron chi connectivity index (χ1n) is 8.92. The average Bonchev–Trinajstić information content (AvgIpc) is 2.62. The summed E-state index contributed by atoms with van der Waals surface area (Å²) in [4.78, 5) is 10.9. The van der Waals surface area contributed by atoms with Gasteiger partial charge in [0.05, 0.1) is 6.54 Å². The maximum absolute atomic E-state index is 13.9. The highest BCUT2D eigenvalue weighted by Gasteiger charge is 2.05. The molecule has 1 aromatic heterocycles. The Kier molecular flexibility index (Phi) is 8.02. The number of halogens is 1. The number of hydrogen-bond donors (Lipinski definition) is 2. The fraction of sp³-hybridized carbons (Fsp3) is 0.400. The lowest BCUT2D eigenvalue weighted by Gasteiger charge is -2.13. The third kappa shape index (κ3) is 6.80. The number of nitrogens with zero attached hydrogens (tertiary/aromatic N) is 3. The van der Waals surface area contributed by atoms with Crippen LogP contribution in [0.3, 0.4) is 0 Å². The molecule has 26 heavy (non-hydrogen) atoms. The monoisotopic (exact) mass is 357 g/mol. The van der Waals surface area contributed by atoms with Crippen LogP contribution >= 0.6 is 0 Å². The summed E-state index contributed by atoms with van der Waals surface area (Å²) in [7, 11) is 3.86. The zero-order valence-electron chi connectivity index (χ0n) is 15.8. The van der Waals surface area contributed by atoms with Gasteiger partial charge in [0.1, 0.15) is 5.82 Å². The molecule has 1 heterocycles. The lowest BCUT2D eigenvalue weighted by atomic mass is 10.1. The Bertz CT molecular complexity index is 701. The molecule has 0 fully saturated rings. The van der Waals surface area contributed by atoms with E-state index in [-0.39, 0.29) is 5.82 Å². The fourth-order valence-electron chi connectivity index (χ4n) is 2.56. The standard InChI is InChI=1S/C20H28FN5/c1-4-22-20(24-12-10-18-7-5-6-11-23-18)25-14-16-8-9-19(21)17(13-16)15-26(2)3/h5-9,11,13H,4,10,12,14-15H2,1-3H3,(H2,22,24,25). The van der Waals surface area contributed by atoms with Gasteiger partial charge in [0.15, 0.2) is 5.96 Å². The van der Waals surface area contributed by atoms with Crippen LogP contribution in [-0.2, 0) is 19.5 Å². The average molecular weight is 357 g/mol. The van der Waals surface area contributed by atoms with E-state index >= 15 is 0 Å². The molecule has 0 aliphatic carbocycles. The van der Waals surface area contributed by atoms with E-state index in [9.17, 15) is 4.39 Å². The summed E-state index contributed by atoms with van der Waals surface area (Å²) in [5.41, 5.74) is 2.73. The van der Waals surface area contributed by atoms with Crippen molar-refractivity contribution in [2.75, 3.05) is 27.2 Å². The minimum Gasteiger partial charge on any atom is -0.357 e. The van der Waals surface area contributed by atoms with Gasteiger partial charge in [-0.2, -0.15) is 0 Å². The van der Waals surface area contributed by atoms with E-state index in [1.807, 2.05) is 50.2 Å². The summed E-state index contributed by atoms with van der Waals surface area (Å²) in [6.07, 6.45) is 2.63. The van der Waals surface area contributed by atoms with Gasteiger partial charge in [-0.3, -0.25) is 4.98 Å². The molecule has 6 heteroatoms. The van der Waals surface area contributed by atoms with Crippen LogP contribution in [0.2, 0.25) is 0 Å². The molecule has 0 saturated heterocycles. The Morgan fingerprint density at radius 3 is 2.73 bits per heavy atom. The van der Waals surface area contributed by atoms with E-state index in [1.165, 1.54) is 6.07 Å². The number of pyridine rings is 1. The third-order valence-corrected chi connectivity index (χ3v) is 3.76. The molecule has 140 valence electrons. The molecule has 0 bridgehead atoms. The van der Waals surface area contributed by atoms with Crippen LogP contribution in [0.4, 0.5) is 4.39 Å². The van der Waals surface area contributed by atoms with Crippen molar-refractivity contribution in [2.45, 2.75) is 26.4 Å². The van der Waals surface area contributed by atoms with E-state index in [0.717, 1.165) is 36.7 Å². The van der Waals surface area contributed by atoms with Crippen molar-refractivity contribution in [1.82, 2.24) is 20.5 Å². The molecular weight excluding hydrogens is 329 g/mol. The van der Waals surface area contributed by atoms with Crippen LogP contribution in [0.25, 0.3) is 0 Å². The number of aromatic nitrogens is 1. The SMILES string of the molecule is CCNC(=NCc1ccc(F)c(CN(C)C)c1)NCCc1ccccn1. The van der Waals surface area contributed by atoms with E-state index in [1.54, 1.807) is 12.3 Å². The Morgan fingerprint density at radius 2 is 2.04 bits per heavy atom. The van der Waals surface area contributed by atoms with Gasteiger partial charge in [-0.1, -0.05) is 12.1 Å². The second kappa shape index (κ2) is 10.5. The molecule has 5 nitrogen and oxygen atoms in total. The molecule has 0 radical (unpaired) electrons. The second-order valence-electron chi connectivity index (χ2n) is 6.36. The van der Waals surface area contributed by atoms with Crippen LogP contribution in [0.5, 0.6) is 0 Å². The number of rotatable bonds is 8. The molecule has 2 aromatic rings. The highest BCUT2D eigenvalue weighted by atomic mass is 19.1. The minimum absolute atomic E-state index is 0.174. The van der Waals surface area contributed by atoms with Crippen LogP contribution < -0.4 is 10.6 Å². The summed E-state index contributed by atoms with van der Waals surface area (Å²) >= 11 is 0. The first-order chi connectivity index (χ1) is 12.6. The summed E-state index contributed by atoms with van der Waals surface area (Å²) in [5.74, 6) is 0.578. The van der Waals surface area contributed by atoms with Crippen LogP contribution in [0, 0.1) is 5.82 Å². The van der Waals surface area contributed by atoms with Gasteiger partial charge in [0.2, 0.25) is 0 Å². The number of guanidine groups is 1. The van der Waals surface area contributed by atoms with Gasteiger partial charge in [-0.05, 0) is 50.8 Å². The predicted molar refractivity (Wildman–Crippen MR) is 105 cm³/mol. The van der Waals surface area contributed by atoms with E-state index < -0.39 is 0 Å². The highest BCUT2D eigenvalue weighted by Crippen LogP contribution is 2.13. The summed E-state index contributed by atoms with van der Waals surface area (Å²) in [6.45, 7) is 4.64. The first-order valence-corrected chi connectivity index (χ1v) is 8.92. The molecule has 0 spiro atoms. The Balaban J connectivity index is 1.95. The molecule has 0 aliphatic rings. The molecule has 0 aliphatic heterocycles. The smallest absolute Gasteiger partial charge is 0.191 e. The Labute approximate surface area is 155 Å². The van der Waals surface area contributed by atoms with Crippen molar-refractivity contribution in [2.24, 2.45) is 4.99 Å². The maximum Gasteiger partial charge on any atom is 0.191 e. The van der Waals surface area contributed by atoms with Gasteiger partial charge in [0, 0.05) is 43.5 Å². The lowest BCUT2D eigenvalue weighted by molar-refractivity contribution is 0.392. The first kappa shape index (κ1) is 19.8. The summed E-state index contributed by atoms with van der Waals surface area (Å²) in [5, 5.41) is 6.55. The largest absolute Gasteiger partial charge is 0.357 e. The van der Waals surface area contributed by atoms with Gasteiger partial charge >= 0.3 is 0 Å². The lowest BCUT2D eigenvalue weighted by Crippen LogP contribution is -2.38. The Morgan fingerprint density at radius 1 is 1.19 bits per heavy atom. The fourth-order valence-corrected chi connectivity index (χ4v) is 2.56. The predicted octanol–water partition coefficient (Wildman–Crippen LogP) is 2.58. The second-order valence-corrected chi connectivity index (χ2v) is 6.36. The van der Waals surface area contributed by atoms with Crippen molar-refractivity contribution in [3.05, 3.63) is 65.2 Å². The molecule has 0 saturated carbocycles. The topological polar surface area (TPSA) is 52.6 Å². The highest BCUT2D eigenvalue weighted by molar-refractivity contribution is 5.79. The van der Waals surface area contributed by atoms with Crippen LogP contribution in [0.1, 0.15) is 23.7 Å². The summed E-state index contributed by atoms with van der Waals surface area (Å²) < 4.78 is 13.9. The number of benzene rings is 1. The van der Waals surface area contributed by atoms with E-state index in [0.29, 0.717) is 18.7 Å². The quantitative estimate of drug-likeness (QED) is 0.563. The van der Waals surface area contributed by atoms with Crippen molar-refractivity contribution in [3.63, 3.8) is 0 Å². The van der Waals surface area contributed by atoms with E-state index in [2.05, 4.69) is 20.6 Å². The molecule has 2 N–H and O–H groups in total. The normalized spacial score (nSPS) is 11.7. The van der Waals surface area contributed by atoms with Gasteiger partial charge in [-0.25, -0.2) is 9.38 Å². The van der Waals surface area contributed by atoms with Crippen molar-refractivity contribution in [3.8, 4) is 0 Å². The number of hydrogen-bond acceptors (Lipinski definition) is 3. The Hall–Kier alpha value is -2.47. The van der Waals surface area contributed by atoms with Crippen molar-refractivity contribution >= 4 is 5.96 Å². The van der Waals surface area contributed by atoms with E-state index in [4.69, 9.17) is 0 Å². The number of aliphatic imine (C=N–C) groups is 1. The zero-order valence-corrected chi connectivity index (χ0v) is 15.8. The van der Waals surface area contributed by atoms with Gasteiger partial charge in [0.25, 0.3) is 0 Å². The number of nitrogens with one attached hydrogen (secondary N) is 2. The molecule has 0 amide bonds. The van der Waals surface area contributed by atoms with Crippen LogP contribution in [-0.4, -0.2) is 43.0 Å². The summed E-state index contributed by atoms with van der Waals surface area (Å²) in [6, 6.07) is 11.1. The van der Waals surface area contributed by atoms with Crippen molar-refractivity contribution in [1.29, 1.82) is 0 Å². The molecule has 2 rings (SSSR count). The van der Waals surface area contributed by atoms with Crippen molar-refractivity contribution < 1.29 is 4.39 Å². The molecular formula is C20H28FN5. The molecule has 0 unspecified atom stereocenters. The zero-order chi connectivity index (χ0) is 18.8.